The van der Waals surface area contributed by atoms with Crippen molar-refractivity contribution in [2.45, 2.75) is 20.3 Å². The molecule has 124 valence electrons. The van der Waals surface area contributed by atoms with Gasteiger partial charge in [0.15, 0.2) is 0 Å². The van der Waals surface area contributed by atoms with E-state index in [-0.39, 0.29) is 5.56 Å². The van der Waals surface area contributed by atoms with Gasteiger partial charge in [0.2, 0.25) is 0 Å². The first-order valence-corrected chi connectivity index (χ1v) is 8.24. The average molecular weight is 332 g/mol. The number of hydrogen-bond donors (Lipinski definition) is 0. The third-order valence-electron chi connectivity index (χ3n) is 4.10. The van der Waals surface area contributed by atoms with Crippen LogP contribution in [0.5, 0.6) is 0 Å². The van der Waals surface area contributed by atoms with E-state index in [0.717, 1.165) is 17.5 Å². The van der Waals surface area contributed by atoms with Crippen molar-refractivity contribution in [3.05, 3.63) is 94.6 Å². The average Bonchev–Trinajstić information content (AvgIpc) is 2.61. The molecule has 0 aliphatic rings. The van der Waals surface area contributed by atoms with Gasteiger partial charge in [-0.05, 0) is 59.9 Å². The minimum absolute atomic E-state index is 0.190. The third-order valence-corrected chi connectivity index (χ3v) is 4.10. The topological polar surface area (TPSA) is 0 Å². The maximum atomic E-state index is 13.8. The molecule has 0 amide bonds. The second-order valence-corrected chi connectivity index (χ2v) is 5.98. The number of hydrogen-bond acceptors (Lipinski definition) is 0. The summed E-state index contributed by atoms with van der Waals surface area (Å²) >= 11 is 0. The Morgan fingerprint density at radius 3 is 1.80 bits per heavy atom. The van der Waals surface area contributed by atoms with Gasteiger partial charge in [0.1, 0.15) is 11.6 Å². The van der Waals surface area contributed by atoms with E-state index in [0.29, 0.717) is 11.1 Å². The fourth-order valence-electron chi connectivity index (χ4n) is 2.63. The van der Waals surface area contributed by atoms with E-state index in [4.69, 9.17) is 0 Å². The Hall–Kier alpha value is -2.92. The smallest absolute Gasteiger partial charge is 0.142 e. The lowest BCUT2D eigenvalue weighted by Crippen LogP contribution is -1.91. The second-order valence-electron chi connectivity index (χ2n) is 5.98. The number of aryl methyl sites for hydroxylation is 2. The monoisotopic (exact) mass is 332 g/mol. The number of rotatable bonds is 2. The van der Waals surface area contributed by atoms with Gasteiger partial charge in [0.25, 0.3) is 0 Å². The summed E-state index contributed by atoms with van der Waals surface area (Å²) in [7, 11) is 0. The summed E-state index contributed by atoms with van der Waals surface area (Å²) in [5.74, 6) is 4.17. The SMILES string of the molecule is CCc1ccc(-c2ccc(C#Cc3c(F)cc(C)cc3F)cc2)cc1. The van der Waals surface area contributed by atoms with Gasteiger partial charge in [-0.2, -0.15) is 0 Å². The van der Waals surface area contributed by atoms with Gasteiger partial charge < -0.3 is 0 Å². The highest BCUT2D eigenvalue weighted by Gasteiger charge is 2.07. The maximum absolute atomic E-state index is 13.8. The Morgan fingerprint density at radius 1 is 0.760 bits per heavy atom. The Balaban J connectivity index is 1.84. The van der Waals surface area contributed by atoms with Crippen molar-refractivity contribution >= 4 is 0 Å². The van der Waals surface area contributed by atoms with Gasteiger partial charge in [-0.3, -0.25) is 0 Å². The summed E-state index contributed by atoms with van der Waals surface area (Å²) in [6.45, 7) is 3.78. The van der Waals surface area contributed by atoms with Crippen LogP contribution in [0.2, 0.25) is 0 Å². The minimum atomic E-state index is -0.627. The lowest BCUT2D eigenvalue weighted by Gasteiger charge is -2.03. The molecule has 0 fully saturated rings. The molecule has 0 heterocycles. The van der Waals surface area contributed by atoms with Crippen LogP contribution in [0.4, 0.5) is 8.78 Å². The molecule has 2 heteroatoms. The fraction of sp³-hybridized carbons (Fsp3) is 0.130. The molecule has 25 heavy (non-hydrogen) atoms. The molecule has 0 aliphatic heterocycles. The summed E-state index contributed by atoms with van der Waals surface area (Å²) in [6, 6.07) is 18.7. The minimum Gasteiger partial charge on any atom is -0.206 e. The first-order chi connectivity index (χ1) is 12.1. The molecule has 0 aromatic heterocycles. The van der Waals surface area contributed by atoms with Crippen LogP contribution in [0.3, 0.4) is 0 Å². The van der Waals surface area contributed by atoms with Crippen LogP contribution in [0, 0.1) is 30.4 Å². The van der Waals surface area contributed by atoms with Crippen molar-refractivity contribution in [3.63, 3.8) is 0 Å². The van der Waals surface area contributed by atoms with Gasteiger partial charge >= 0.3 is 0 Å². The third kappa shape index (κ3) is 3.95. The first-order valence-electron chi connectivity index (χ1n) is 8.24. The largest absolute Gasteiger partial charge is 0.206 e. The summed E-state index contributed by atoms with van der Waals surface area (Å²) < 4.78 is 27.6. The van der Waals surface area contributed by atoms with Crippen LogP contribution in [-0.4, -0.2) is 0 Å². The van der Waals surface area contributed by atoms with Crippen molar-refractivity contribution in [1.82, 2.24) is 0 Å². The van der Waals surface area contributed by atoms with E-state index in [1.165, 1.54) is 17.7 Å². The van der Waals surface area contributed by atoms with E-state index in [9.17, 15) is 8.78 Å². The predicted molar refractivity (Wildman–Crippen MR) is 98.3 cm³/mol. The Morgan fingerprint density at radius 2 is 1.28 bits per heavy atom. The molecule has 0 saturated carbocycles. The van der Waals surface area contributed by atoms with Crippen LogP contribution < -0.4 is 0 Å². The van der Waals surface area contributed by atoms with Crippen molar-refractivity contribution < 1.29 is 8.78 Å². The molecular weight excluding hydrogens is 314 g/mol. The van der Waals surface area contributed by atoms with Crippen molar-refractivity contribution in [2.75, 3.05) is 0 Å². The van der Waals surface area contributed by atoms with Crippen molar-refractivity contribution in [3.8, 4) is 23.0 Å². The van der Waals surface area contributed by atoms with E-state index in [2.05, 4.69) is 43.0 Å². The highest BCUT2D eigenvalue weighted by Crippen LogP contribution is 2.20. The van der Waals surface area contributed by atoms with Gasteiger partial charge in [-0.25, -0.2) is 8.78 Å². The molecule has 0 radical (unpaired) electrons. The summed E-state index contributed by atoms with van der Waals surface area (Å²) in [5, 5.41) is 0. The molecule has 0 atom stereocenters. The maximum Gasteiger partial charge on any atom is 0.142 e. The molecule has 3 aromatic rings. The molecule has 0 unspecified atom stereocenters. The van der Waals surface area contributed by atoms with E-state index < -0.39 is 11.6 Å². The molecule has 0 saturated heterocycles. The summed E-state index contributed by atoms with van der Waals surface area (Å²) in [5.41, 5.74) is 4.58. The van der Waals surface area contributed by atoms with E-state index in [1.54, 1.807) is 6.92 Å². The van der Waals surface area contributed by atoms with Crippen LogP contribution in [0.15, 0.2) is 60.7 Å². The van der Waals surface area contributed by atoms with Gasteiger partial charge in [-0.1, -0.05) is 55.2 Å². The second kappa shape index (κ2) is 7.32. The standard InChI is InChI=1S/C23H18F2/c1-3-17-4-9-19(10-5-17)20-11-6-18(7-12-20)8-13-21-22(24)14-16(2)15-23(21)25/h4-7,9-12,14-15H,3H2,1-2H3. The predicted octanol–water partition coefficient (Wildman–Crippen LogP) is 5.90. The van der Waals surface area contributed by atoms with E-state index in [1.807, 2.05) is 24.3 Å². The van der Waals surface area contributed by atoms with Gasteiger partial charge in [0.05, 0.1) is 5.56 Å². The molecule has 0 aliphatic carbocycles. The zero-order valence-electron chi connectivity index (χ0n) is 14.2. The molecule has 0 nitrogen and oxygen atoms in total. The normalized spacial score (nSPS) is 10.2. The van der Waals surface area contributed by atoms with Gasteiger partial charge in [0, 0.05) is 5.56 Å². The van der Waals surface area contributed by atoms with Crippen molar-refractivity contribution in [1.29, 1.82) is 0 Å². The highest BCUT2D eigenvalue weighted by molar-refractivity contribution is 5.64. The van der Waals surface area contributed by atoms with Crippen LogP contribution in [0.1, 0.15) is 29.2 Å². The number of benzene rings is 3. The summed E-state index contributed by atoms with van der Waals surface area (Å²) in [6.07, 6.45) is 1.01. The molecule has 0 bridgehead atoms. The highest BCUT2D eigenvalue weighted by atomic mass is 19.1. The Labute approximate surface area is 147 Å². The van der Waals surface area contributed by atoms with Gasteiger partial charge in [-0.15, -0.1) is 0 Å². The molecule has 0 spiro atoms. The van der Waals surface area contributed by atoms with Crippen molar-refractivity contribution in [2.24, 2.45) is 0 Å². The quantitative estimate of drug-likeness (QED) is 0.512. The molecule has 3 aromatic carbocycles. The molecule has 3 rings (SSSR count). The van der Waals surface area contributed by atoms with Crippen LogP contribution in [0.25, 0.3) is 11.1 Å². The Bertz CT molecular complexity index is 917. The van der Waals surface area contributed by atoms with Crippen LogP contribution in [-0.2, 0) is 6.42 Å². The van der Waals surface area contributed by atoms with E-state index >= 15 is 0 Å². The first kappa shape index (κ1) is 16.9. The fourth-order valence-corrected chi connectivity index (χ4v) is 2.63. The Kier molecular flexibility index (Phi) is 4.95. The lowest BCUT2D eigenvalue weighted by atomic mass is 10.0. The lowest BCUT2D eigenvalue weighted by molar-refractivity contribution is 0.575. The van der Waals surface area contributed by atoms with Crippen LogP contribution >= 0.6 is 0 Å². The summed E-state index contributed by atoms with van der Waals surface area (Å²) in [4.78, 5) is 0. The number of halogens is 2. The zero-order valence-corrected chi connectivity index (χ0v) is 14.2. The molecular formula is C23H18F2. The molecule has 0 N–H and O–H groups in total. The zero-order chi connectivity index (χ0) is 17.8.